The number of carbonyl (C=O) groups excluding carboxylic acids is 2. The van der Waals surface area contributed by atoms with Crippen molar-refractivity contribution < 1.29 is 18.4 Å². The number of benzene rings is 2. The Morgan fingerprint density at radius 3 is 2.70 bits per heavy atom. The summed E-state index contributed by atoms with van der Waals surface area (Å²) in [5.74, 6) is 0.230. The highest BCUT2D eigenvalue weighted by atomic mass is 19.3. The van der Waals surface area contributed by atoms with Crippen LogP contribution in [-0.2, 0) is 15.5 Å². The molecule has 0 radical (unpaired) electrons. The quantitative estimate of drug-likeness (QED) is 0.600. The van der Waals surface area contributed by atoms with Gasteiger partial charge in [0.15, 0.2) is 5.92 Å². The van der Waals surface area contributed by atoms with Crippen molar-refractivity contribution in [2.75, 3.05) is 16.9 Å². The van der Waals surface area contributed by atoms with Gasteiger partial charge in [0, 0.05) is 23.7 Å². The summed E-state index contributed by atoms with van der Waals surface area (Å²) in [6.07, 6.45) is 0. The molecule has 0 spiro atoms. The van der Waals surface area contributed by atoms with Gasteiger partial charge in [-0.05, 0) is 37.3 Å². The molecule has 3 N–H and O–H groups in total. The Morgan fingerprint density at radius 1 is 1.27 bits per heavy atom. The topological polar surface area (TPSA) is 87.8 Å². The van der Waals surface area contributed by atoms with Gasteiger partial charge in [-0.25, -0.2) is 8.78 Å². The summed E-state index contributed by atoms with van der Waals surface area (Å²) in [7, 11) is 0. The molecule has 2 aromatic rings. The largest absolute Gasteiger partial charge is 0.325 e. The van der Waals surface area contributed by atoms with Crippen LogP contribution in [0.15, 0.2) is 53.6 Å². The molecule has 1 heterocycles. The number of hydrogen-bond donors (Lipinski definition) is 2. The summed E-state index contributed by atoms with van der Waals surface area (Å²) in [5, 5.41) is 7.88. The van der Waals surface area contributed by atoms with Crippen molar-refractivity contribution in [3.05, 3.63) is 59.7 Å². The van der Waals surface area contributed by atoms with Gasteiger partial charge in [-0.3, -0.25) is 9.59 Å². The zero-order chi connectivity index (χ0) is 21.9. The molecule has 154 valence electrons. The molecule has 6 nitrogen and oxygen atoms in total. The smallest absolute Gasteiger partial charge is 0.270 e. The molecule has 1 atom stereocenters. The van der Waals surface area contributed by atoms with Gasteiger partial charge in [0.1, 0.15) is 0 Å². The SMILES string of the molecule is CC1=NN(c2cccc(C#CCN)c2)C(=O)C1C(=O)Nc1cccc(C(C)(F)F)c1. The molecule has 0 aliphatic carbocycles. The van der Waals surface area contributed by atoms with E-state index in [-0.39, 0.29) is 17.8 Å². The number of alkyl halides is 2. The maximum atomic E-state index is 13.5. The second-order valence-electron chi connectivity index (χ2n) is 6.84. The van der Waals surface area contributed by atoms with E-state index in [1.807, 2.05) is 0 Å². The fourth-order valence-electron chi connectivity index (χ4n) is 3.01. The molecular formula is C22H20F2N4O2. The zero-order valence-corrected chi connectivity index (χ0v) is 16.4. The summed E-state index contributed by atoms with van der Waals surface area (Å²) in [4.78, 5) is 25.6. The molecule has 3 rings (SSSR count). The molecule has 1 aliphatic heterocycles. The Balaban J connectivity index is 1.80. The third kappa shape index (κ3) is 4.53. The molecule has 1 unspecified atom stereocenters. The Kier molecular flexibility index (Phi) is 5.94. The van der Waals surface area contributed by atoms with Crippen LogP contribution in [0.1, 0.15) is 25.0 Å². The van der Waals surface area contributed by atoms with Gasteiger partial charge in [-0.2, -0.15) is 10.1 Å². The lowest BCUT2D eigenvalue weighted by Crippen LogP contribution is -2.36. The van der Waals surface area contributed by atoms with Crippen LogP contribution in [-0.4, -0.2) is 24.1 Å². The number of nitrogens with one attached hydrogen (secondary N) is 1. The zero-order valence-electron chi connectivity index (χ0n) is 16.4. The molecule has 1 aliphatic rings. The number of rotatable bonds is 4. The number of anilines is 2. The minimum Gasteiger partial charge on any atom is -0.325 e. The summed E-state index contributed by atoms with van der Waals surface area (Å²) < 4.78 is 27.1. The van der Waals surface area contributed by atoms with Crippen LogP contribution in [0.25, 0.3) is 0 Å². The van der Waals surface area contributed by atoms with E-state index in [1.54, 1.807) is 31.2 Å². The molecule has 0 bridgehead atoms. The van der Waals surface area contributed by atoms with E-state index in [1.165, 1.54) is 24.3 Å². The first-order valence-corrected chi connectivity index (χ1v) is 9.18. The van der Waals surface area contributed by atoms with Gasteiger partial charge in [0.05, 0.1) is 17.9 Å². The van der Waals surface area contributed by atoms with E-state index in [2.05, 4.69) is 22.3 Å². The third-order valence-corrected chi connectivity index (χ3v) is 4.46. The lowest BCUT2D eigenvalue weighted by atomic mass is 10.0. The average Bonchev–Trinajstić information content (AvgIpc) is 3.00. The Bertz CT molecular complexity index is 1080. The molecule has 0 aromatic heterocycles. The van der Waals surface area contributed by atoms with Crippen molar-refractivity contribution in [2.24, 2.45) is 16.8 Å². The number of nitrogens with zero attached hydrogens (tertiary/aromatic N) is 2. The number of nitrogens with two attached hydrogens (primary N) is 1. The van der Waals surface area contributed by atoms with E-state index >= 15 is 0 Å². The highest BCUT2D eigenvalue weighted by molar-refractivity contribution is 6.28. The number of amides is 2. The predicted molar refractivity (Wildman–Crippen MR) is 111 cm³/mol. The summed E-state index contributed by atoms with van der Waals surface area (Å²) >= 11 is 0. The molecule has 30 heavy (non-hydrogen) atoms. The molecule has 2 aromatic carbocycles. The second kappa shape index (κ2) is 8.43. The number of halogens is 2. The van der Waals surface area contributed by atoms with Crippen LogP contribution in [0.4, 0.5) is 20.2 Å². The van der Waals surface area contributed by atoms with Gasteiger partial charge in [0.25, 0.3) is 11.8 Å². The highest BCUT2D eigenvalue weighted by Gasteiger charge is 2.40. The minimum atomic E-state index is -3.05. The van der Waals surface area contributed by atoms with Crippen LogP contribution >= 0.6 is 0 Å². The van der Waals surface area contributed by atoms with Crippen molar-refractivity contribution >= 4 is 28.9 Å². The van der Waals surface area contributed by atoms with Gasteiger partial charge < -0.3 is 11.1 Å². The van der Waals surface area contributed by atoms with Crippen LogP contribution in [0, 0.1) is 17.8 Å². The molecule has 2 amide bonds. The van der Waals surface area contributed by atoms with Crippen molar-refractivity contribution in [3.8, 4) is 11.8 Å². The van der Waals surface area contributed by atoms with Crippen molar-refractivity contribution in [2.45, 2.75) is 19.8 Å². The molecule has 0 saturated carbocycles. The van der Waals surface area contributed by atoms with E-state index in [0.29, 0.717) is 17.0 Å². The summed E-state index contributed by atoms with van der Waals surface area (Å²) in [6.45, 7) is 2.55. The first-order valence-electron chi connectivity index (χ1n) is 9.18. The molecule has 8 heteroatoms. The second-order valence-corrected chi connectivity index (χ2v) is 6.84. The fourth-order valence-corrected chi connectivity index (χ4v) is 3.01. The molecule has 0 saturated heterocycles. The lowest BCUT2D eigenvalue weighted by molar-refractivity contribution is -0.127. The van der Waals surface area contributed by atoms with Gasteiger partial charge in [-0.15, -0.1) is 0 Å². The average molecular weight is 410 g/mol. The first-order chi connectivity index (χ1) is 14.2. The van der Waals surface area contributed by atoms with Crippen LogP contribution in [0.2, 0.25) is 0 Å². The summed E-state index contributed by atoms with van der Waals surface area (Å²) in [5.41, 5.74) is 6.74. The molecule has 0 fully saturated rings. The Morgan fingerprint density at radius 2 is 2.00 bits per heavy atom. The van der Waals surface area contributed by atoms with Gasteiger partial charge in [0.2, 0.25) is 5.91 Å². The fraction of sp³-hybridized carbons (Fsp3) is 0.227. The number of carbonyl (C=O) groups is 2. The van der Waals surface area contributed by atoms with Gasteiger partial charge in [-0.1, -0.05) is 30.0 Å². The van der Waals surface area contributed by atoms with Crippen LogP contribution in [0.5, 0.6) is 0 Å². The number of hydrogen-bond acceptors (Lipinski definition) is 4. The standard InChI is InChI=1S/C22H20F2N4O2/c1-14-19(20(29)26-17-9-4-8-16(13-17)22(2,23)24)21(30)28(27-14)18-10-3-6-15(12-18)7-5-11-25/h3-4,6,8-10,12-13,19H,11,25H2,1-2H3,(H,26,29). The maximum Gasteiger partial charge on any atom is 0.270 e. The molecular weight excluding hydrogens is 390 g/mol. The first kappa shape index (κ1) is 21.1. The van der Waals surface area contributed by atoms with Crippen LogP contribution < -0.4 is 16.1 Å². The lowest BCUT2D eigenvalue weighted by Gasteiger charge is -2.16. The van der Waals surface area contributed by atoms with E-state index < -0.39 is 23.7 Å². The van der Waals surface area contributed by atoms with E-state index in [9.17, 15) is 18.4 Å². The highest BCUT2D eigenvalue weighted by Crippen LogP contribution is 2.29. The Labute approximate surface area is 172 Å². The Hall–Kier alpha value is -3.57. The van der Waals surface area contributed by atoms with Crippen LogP contribution in [0.3, 0.4) is 0 Å². The van der Waals surface area contributed by atoms with Crippen molar-refractivity contribution in [1.82, 2.24) is 0 Å². The normalized spacial score (nSPS) is 16.0. The monoisotopic (exact) mass is 410 g/mol. The summed E-state index contributed by atoms with van der Waals surface area (Å²) in [6, 6.07) is 12.2. The maximum absolute atomic E-state index is 13.5. The van der Waals surface area contributed by atoms with Gasteiger partial charge >= 0.3 is 0 Å². The predicted octanol–water partition coefficient (Wildman–Crippen LogP) is 3.09. The van der Waals surface area contributed by atoms with E-state index in [0.717, 1.165) is 11.9 Å². The third-order valence-electron chi connectivity index (χ3n) is 4.46. The minimum absolute atomic E-state index is 0.178. The van der Waals surface area contributed by atoms with Crippen molar-refractivity contribution in [3.63, 3.8) is 0 Å². The van der Waals surface area contributed by atoms with Crippen molar-refractivity contribution in [1.29, 1.82) is 0 Å². The van der Waals surface area contributed by atoms with E-state index in [4.69, 9.17) is 5.73 Å². The number of hydrazone groups is 1.